The maximum Gasteiger partial charge on any atom is 0.328 e. The van der Waals surface area contributed by atoms with Crippen LogP contribution in [0.3, 0.4) is 0 Å². The molecule has 0 aliphatic carbocycles. The van der Waals surface area contributed by atoms with E-state index in [9.17, 15) is 9.59 Å². The van der Waals surface area contributed by atoms with E-state index in [1.165, 1.54) is 10.6 Å². The van der Waals surface area contributed by atoms with Crippen molar-refractivity contribution >= 4 is 0 Å². The number of aromatic amines is 1. The standard InChI is InChI=1S/C7H11N3O2/c1-2-10-5(4-8)3-6(11)9-7(10)12/h3H,2,4,8H2,1H3,(H,9,11,12). The SMILES string of the molecule is CCn1c(CN)cc(=O)[nH]c1=O. The number of nitrogens with zero attached hydrogens (tertiary/aromatic N) is 1. The lowest BCUT2D eigenvalue weighted by Crippen LogP contribution is -2.32. The van der Waals surface area contributed by atoms with E-state index >= 15 is 0 Å². The van der Waals surface area contributed by atoms with Crippen LogP contribution in [0.15, 0.2) is 15.7 Å². The fraction of sp³-hybridized carbons (Fsp3) is 0.429. The third-order valence-corrected chi connectivity index (χ3v) is 1.65. The summed E-state index contributed by atoms with van der Waals surface area (Å²) in [6, 6.07) is 1.34. The van der Waals surface area contributed by atoms with Crippen molar-refractivity contribution in [3.05, 3.63) is 32.6 Å². The molecule has 12 heavy (non-hydrogen) atoms. The quantitative estimate of drug-likeness (QED) is 0.596. The number of nitrogens with two attached hydrogens (primary N) is 1. The molecular weight excluding hydrogens is 158 g/mol. The predicted octanol–water partition coefficient (Wildman–Crippen LogP) is -0.985. The smallest absolute Gasteiger partial charge is 0.325 e. The van der Waals surface area contributed by atoms with Crippen LogP contribution in [0.5, 0.6) is 0 Å². The van der Waals surface area contributed by atoms with Crippen molar-refractivity contribution in [3.63, 3.8) is 0 Å². The molecule has 0 unspecified atom stereocenters. The molecule has 5 heteroatoms. The molecule has 0 saturated heterocycles. The van der Waals surface area contributed by atoms with Crippen molar-refractivity contribution in [2.45, 2.75) is 20.0 Å². The third kappa shape index (κ3) is 1.45. The number of hydrogen-bond donors (Lipinski definition) is 2. The first-order chi connectivity index (χ1) is 5.69. The van der Waals surface area contributed by atoms with Crippen molar-refractivity contribution < 1.29 is 0 Å². The zero-order valence-electron chi connectivity index (χ0n) is 6.83. The monoisotopic (exact) mass is 169 g/mol. The van der Waals surface area contributed by atoms with Crippen LogP contribution in [0.25, 0.3) is 0 Å². The maximum atomic E-state index is 11.1. The fourth-order valence-corrected chi connectivity index (χ4v) is 1.08. The summed E-state index contributed by atoms with van der Waals surface area (Å²) in [7, 11) is 0. The summed E-state index contributed by atoms with van der Waals surface area (Å²) in [4.78, 5) is 24.1. The minimum Gasteiger partial charge on any atom is -0.325 e. The van der Waals surface area contributed by atoms with Crippen LogP contribution < -0.4 is 17.0 Å². The highest BCUT2D eigenvalue weighted by Gasteiger charge is 2.00. The van der Waals surface area contributed by atoms with E-state index < -0.39 is 11.2 Å². The van der Waals surface area contributed by atoms with Crippen molar-refractivity contribution in [3.8, 4) is 0 Å². The van der Waals surface area contributed by atoms with Gasteiger partial charge in [-0.05, 0) is 6.92 Å². The van der Waals surface area contributed by atoms with Gasteiger partial charge in [0.15, 0.2) is 0 Å². The second kappa shape index (κ2) is 3.36. The average Bonchev–Trinajstić information content (AvgIpc) is 2.03. The summed E-state index contributed by atoms with van der Waals surface area (Å²) in [6.07, 6.45) is 0. The first-order valence-electron chi connectivity index (χ1n) is 3.72. The van der Waals surface area contributed by atoms with E-state index in [2.05, 4.69) is 4.98 Å². The largest absolute Gasteiger partial charge is 0.328 e. The van der Waals surface area contributed by atoms with Gasteiger partial charge in [0, 0.05) is 24.8 Å². The molecule has 0 amide bonds. The first kappa shape index (κ1) is 8.73. The fourth-order valence-electron chi connectivity index (χ4n) is 1.08. The Labute approximate surface area is 68.8 Å². The van der Waals surface area contributed by atoms with Crippen LogP contribution in [-0.4, -0.2) is 9.55 Å². The predicted molar refractivity (Wildman–Crippen MR) is 44.9 cm³/mol. The highest BCUT2D eigenvalue weighted by Crippen LogP contribution is 1.88. The molecule has 1 aromatic heterocycles. The molecule has 1 rings (SSSR count). The van der Waals surface area contributed by atoms with E-state index in [0.717, 1.165) is 0 Å². The van der Waals surface area contributed by atoms with Gasteiger partial charge in [0.25, 0.3) is 5.56 Å². The van der Waals surface area contributed by atoms with Gasteiger partial charge in [-0.15, -0.1) is 0 Å². The van der Waals surface area contributed by atoms with Crippen molar-refractivity contribution in [2.24, 2.45) is 5.73 Å². The summed E-state index contributed by atoms with van der Waals surface area (Å²) in [5.74, 6) is 0. The molecule has 0 saturated carbocycles. The number of rotatable bonds is 2. The Morgan fingerprint density at radius 2 is 2.25 bits per heavy atom. The molecule has 0 bridgehead atoms. The molecule has 1 aromatic rings. The van der Waals surface area contributed by atoms with E-state index in [1.54, 1.807) is 0 Å². The van der Waals surface area contributed by atoms with E-state index in [0.29, 0.717) is 12.2 Å². The minimum absolute atomic E-state index is 0.201. The molecule has 1 heterocycles. The van der Waals surface area contributed by atoms with Crippen molar-refractivity contribution in [2.75, 3.05) is 0 Å². The molecule has 0 fully saturated rings. The van der Waals surface area contributed by atoms with Gasteiger partial charge in [-0.2, -0.15) is 0 Å². The van der Waals surface area contributed by atoms with Crippen LogP contribution in [-0.2, 0) is 13.1 Å². The van der Waals surface area contributed by atoms with Gasteiger partial charge in [-0.3, -0.25) is 14.3 Å². The Morgan fingerprint density at radius 3 is 2.75 bits per heavy atom. The van der Waals surface area contributed by atoms with Gasteiger partial charge in [0.05, 0.1) is 0 Å². The van der Waals surface area contributed by atoms with Crippen LogP contribution in [0, 0.1) is 0 Å². The van der Waals surface area contributed by atoms with Gasteiger partial charge in [0.1, 0.15) is 0 Å². The normalized spacial score (nSPS) is 10.2. The Kier molecular flexibility index (Phi) is 2.44. The van der Waals surface area contributed by atoms with Gasteiger partial charge >= 0.3 is 5.69 Å². The number of nitrogens with one attached hydrogen (secondary N) is 1. The average molecular weight is 169 g/mol. The first-order valence-corrected chi connectivity index (χ1v) is 3.72. The summed E-state index contributed by atoms with van der Waals surface area (Å²) in [6.45, 7) is 2.54. The molecular formula is C7H11N3O2. The number of hydrogen-bond acceptors (Lipinski definition) is 3. The Morgan fingerprint density at radius 1 is 1.58 bits per heavy atom. The van der Waals surface area contributed by atoms with Crippen LogP contribution in [0.2, 0.25) is 0 Å². The molecule has 0 spiro atoms. The van der Waals surface area contributed by atoms with Crippen LogP contribution in [0.1, 0.15) is 12.6 Å². The summed E-state index contributed by atoms with van der Waals surface area (Å²) in [5, 5.41) is 0. The van der Waals surface area contributed by atoms with Crippen LogP contribution >= 0.6 is 0 Å². The second-order valence-corrected chi connectivity index (χ2v) is 2.38. The van der Waals surface area contributed by atoms with Crippen molar-refractivity contribution in [1.82, 2.24) is 9.55 Å². The Balaban J connectivity index is 3.44. The number of aromatic nitrogens is 2. The highest BCUT2D eigenvalue weighted by atomic mass is 16.2. The number of H-pyrrole nitrogens is 1. The maximum absolute atomic E-state index is 11.1. The molecule has 5 nitrogen and oxygen atoms in total. The minimum atomic E-state index is -0.398. The van der Waals surface area contributed by atoms with Gasteiger partial charge in [-0.1, -0.05) is 0 Å². The molecule has 66 valence electrons. The summed E-state index contributed by atoms with van der Waals surface area (Å²) < 4.78 is 1.43. The molecule has 0 aromatic carbocycles. The molecule has 0 aliphatic rings. The van der Waals surface area contributed by atoms with Crippen LogP contribution in [0.4, 0.5) is 0 Å². The van der Waals surface area contributed by atoms with Gasteiger partial charge in [0.2, 0.25) is 0 Å². The van der Waals surface area contributed by atoms with E-state index in [1.807, 2.05) is 6.92 Å². The lowest BCUT2D eigenvalue weighted by molar-refractivity contribution is 0.647. The molecule has 0 radical (unpaired) electrons. The zero-order chi connectivity index (χ0) is 9.14. The zero-order valence-corrected chi connectivity index (χ0v) is 6.83. The third-order valence-electron chi connectivity index (χ3n) is 1.65. The van der Waals surface area contributed by atoms with Crippen molar-refractivity contribution in [1.29, 1.82) is 0 Å². The second-order valence-electron chi connectivity index (χ2n) is 2.38. The van der Waals surface area contributed by atoms with Gasteiger partial charge < -0.3 is 5.73 Å². The lowest BCUT2D eigenvalue weighted by atomic mass is 10.4. The summed E-state index contributed by atoms with van der Waals surface area (Å²) >= 11 is 0. The highest BCUT2D eigenvalue weighted by molar-refractivity contribution is 5.00. The summed E-state index contributed by atoms with van der Waals surface area (Å²) in [5.41, 5.74) is 5.12. The van der Waals surface area contributed by atoms with Gasteiger partial charge in [-0.25, -0.2) is 4.79 Å². The Hall–Kier alpha value is -1.36. The van der Waals surface area contributed by atoms with E-state index in [-0.39, 0.29) is 6.54 Å². The molecule has 3 N–H and O–H groups in total. The molecule has 0 atom stereocenters. The van der Waals surface area contributed by atoms with E-state index in [4.69, 9.17) is 5.73 Å². The topological polar surface area (TPSA) is 80.9 Å². The lowest BCUT2D eigenvalue weighted by Gasteiger charge is -2.05. The molecule has 0 aliphatic heterocycles. The Bertz CT molecular complexity index is 377.